The van der Waals surface area contributed by atoms with Crippen molar-refractivity contribution in [2.45, 2.75) is 13.8 Å². The van der Waals surface area contributed by atoms with Crippen LogP contribution in [0.15, 0.2) is 39.5 Å². The molecule has 2 aliphatic rings. The molecule has 2 N–H and O–H groups in total. The Hall–Kier alpha value is -2.14. The van der Waals surface area contributed by atoms with Gasteiger partial charge in [0.05, 0.1) is 5.56 Å². The van der Waals surface area contributed by atoms with Gasteiger partial charge in [0.15, 0.2) is 5.43 Å². The first kappa shape index (κ1) is 14.9. The fourth-order valence-corrected chi connectivity index (χ4v) is 1.45. The fraction of sp³-hybridized carbons (Fsp3) is 0.286. The third-order valence-corrected chi connectivity index (χ3v) is 2.36. The maximum Gasteiger partial charge on any atom is 0.371 e. The van der Waals surface area contributed by atoms with Gasteiger partial charge in [0.1, 0.15) is 5.76 Å². The van der Waals surface area contributed by atoms with E-state index in [1.165, 1.54) is 24.3 Å². The summed E-state index contributed by atoms with van der Waals surface area (Å²) in [7, 11) is 0. The number of hydrogen-bond acceptors (Lipinski definition) is 4. The van der Waals surface area contributed by atoms with Gasteiger partial charge < -0.3 is 14.8 Å². The smallest absolute Gasteiger partial charge is 0.371 e. The van der Waals surface area contributed by atoms with Crippen molar-refractivity contribution in [2.75, 3.05) is 13.1 Å². The molecule has 0 radical (unpaired) electrons. The van der Waals surface area contributed by atoms with E-state index in [0.717, 1.165) is 13.1 Å². The average molecular weight is 263 g/mol. The number of carboxylic acid groups (broad SMARTS) is 1. The number of hydrogen-bond donors (Lipinski definition) is 2. The molecule has 0 atom stereocenters. The van der Waals surface area contributed by atoms with Crippen LogP contribution in [0.2, 0.25) is 0 Å². The maximum atomic E-state index is 11.3. The molecular weight excluding hydrogens is 246 g/mol. The van der Waals surface area contributed by atoms with Gasteiger partial charge in [0.25, 0.3) is 0 Å². The van der Waals surface area contributed by atoms with E-state index in [0.29, 0.717) is 5.56 Å². The van der Waals surface area contributed by atoms with E-state index < -0.39 is 5.97 Å². The molecule has 0 aromatic carbocycles. The molecule has 1 aliphatic heterocycles. The summed E-state index contributed by atoms with van der Waals surface area (Å²) in [5.41, 5.74) is 0.209. The zero-order valence-corrected chi connectivity index (χ0v) is 11.0. The van der Waals surface area contributed by atoms with E-state index in [-0.39, 0.29) is 16.9 Å². The third kappa shape index (κ3) is 4.22. The maximum absolute atomic E-state index is 11.3. The zero-order valence-electron chi connectivity index (χ0n) is 11.0. The van der Waals surface area contributed by atoms with Crippen LogP contribution in [0.5, 0.6) is 0 Å². The number of carboxylic acids is 1. The van der Waals surface area contributed by atoms with Crippen molar-refractivity contribution in [3.8, 4) is 11.3 Å². The molecule has 1 heterocycles. The van der Waals surface area contributed by atoms with Crippen molar-refractivity contribution in [2.24, 2.45) is 0 Å². The minimum atomic E-state index is -1.15. The Bertz CT molecular complexity index is 560. The average Bonchev–Trinajstić information content (AvgIpc) is 2.40. The monoisotopic (exact) mass is 263 g/mol. The van der Waals surface area contributed by atoms with Gasteiger partial charge in [-0.2, -0.15) is 0 Å². The molecule has 0 bridgehead atoms. The first-order valence-corrected chi connectivity index (χ1v) is 6.07. The number of rotatable bonds is 3. The summed E-state index contributed by atoms with van der Waals surface area (Å²) in [6, 6.07) is 7.21. The third-order valence-electron chi connectivity index (χ3n) is 2.36. The molecule has 19 heavy (non-hydrogen) atoms. The number of fused-ring (bicyclic) bond motifs is 1. The molecule has 102 valence electrons. The summed E-state index contributed by atoms with van der Waals surface area (Å²) in [4.78, 5) is 21.8. The summed E-state index contributed by atoms with van der Waals surface area (Å²) >= 11 is 0. The summed E-state index contributed by atoms with van der Waals surface area (Å²) in [6.07, 6.45) is 0. The van der Waals surface area contributed by atoms with Gasteiger partial charge in [0.2, 0.25) is 5.76 Å². The molecule has 1 aliphatic carbocycles. The minimum Gasteiger partial charge on any atom is -0.475 e. The quantitative estimate of drug-likeness (QED) is 0.886. The topological polar surface area (TPSA) is 79.5 Å². The molecule has 5 nitrogen and oxygen atoms in total. The van der Waals surface area contributed by atoms with E-state index in [4.69, 9.17) is 9.52 Å². The lowest BCUT2D eigenvalue weighted by Crippen LogP contribution is -2.09. The van der Waals surface area contributed by atoms with Crippen molar-refractivity contribution in [1.29, 1.82) is 0 Å². The summed E-state index contributed by atoms with van der Waals surface area (Å²) < 4.78 is 5.00. The van der Waals surface area contributed by atoms with Crippen LogP contribution in [-0.4, -0.2) is 24.2 Å². The second-order valence-electron chi connectivity index (χ2n) is 3.73. The lowest BCUT2D eigenvalue weighted by atomic mass is 10.1. The van der Waals surface area contributed by atoms with Crippen LogP contribution in [0.25, 0.3) is 11.3 Å². The van der Waals surface area contributed by atoms with Crippen LogP contribution in [0.1, 0.15) is 24.4 Å². The van der Waals surface area contributed by atoms with Crippen LogP contribution in [0.4, 0.5) is 0 Å². The molecule has 0 fully saturated rings. The summed E-state index contributed by atoms with van der Waals surface area (Å²) in [5.74, 6) is -1.04. The highest BCUT2D eigenvalue weighted by Gasteiger charge is 2.11. The second-order valence-corrected chi connectivity index (χ2v) is 3.73. The highest BCUT2D eigenvalue weighted by molar-refractivity contribution is 5.85. The van der Waals surface area contributed by atoms with E-state index in [1.54, 1.807) is 6.07 Å². The second kappa shape index (κ2) is 7.33. The standard InChI is InChI=1S/C10H6O4.C4H11N/c11-7-2-1-3-8-6(7)4-5-9(14-8)10(12)13;1-3-5-4-2/h1-5H,(H,12,13);5H,3-4H2,1-2H3. The molecule has 0 saturated carbocycles. The summed E-state index contributed by atoms with van der Waals surface area (Å²) in [6.45, 7) is 6.39. The lowest BCUT2D eigenvalue weighted by molar-refractivity contribution is 0.0661. The number of nitrogens with one attached hydrogen (secondary N) is 1. The van der Waals surface area contributed by atoms with E-state index in [9.17, 15) is 9.59 Å². The van der Waals surface area contributed by atoms with Gasteiger partial charge in [-0.1, -0.05) is 19.9 Å². The first-order chi connectivity index (χ1) is 9.10. The van der Waals surface area contributed by atoms with Gasteiger partial charge in [-0.05, 0) is 37.4 Å². The Balaban J connectivity index is 0.000000312. The molecule has 0 aromatic heterocycles. The first-order valence-electron chi connectivity index (χ1n) is 6.07. The van der Waals surface area contributed by atoms with Crippen molar-refractivity contribution in [3.63, 3.8) is 0 Å². The van der Waals surface area contributed by atoms with E-state index in [1.807, 2.05) is 0 Å². The van der Waals surface area contributed by atoms with Gasteiger partial charge in [0, 0.05) is 0 Å². The van der Waals surface area contributed by atoms with E-state index in [2.05, 4.69) is 19.2 Å². The predicted octanol–water partition coefficient (Wildman–Crippen LogP) is 2.06. The Morgan fingerprint density at radius 1 is 1.21 bits per heavy atom. The van der Waals surface area contributed by atoms with Crippen LogP contribution < -0.4 is 10.7 Å². The van der Waals surface area contributed by atoms with Crippen molar-refractivity contribution < 1.29 is 14.3 Å². The molecule has 0 spiro atoms. The molecule has 0 saturated heterocycles. The summed E-state index contributed by atoms with van der Waals surface area (Å²) in [5, 5.41) is 11.8. The fourth-order valence-electron chi connectivity index (χ4n) is 1.45. The molecule has 2 rings (SSSR count). The zero-order chi connectivity index (χ0) is 14.3. The van der Waals surface area contributed by atoms with Crippen LogP contribution in [0, 0.1) is 0 Å². The molecule has 0 unspecified atom stereocenters. The minimum absolute atomic E-state index is 0.178. The molecular formula is C14H17NO4. The SMILES string of the molecule is CCNCC.O=C(O)c1ccc2c(=O)cccc-2o1. The Morgan fingerprint density at radius 3 is 2.42 bits per heavy atom. The van der Waals surface area contributed by atoms with Crippen molar-refractivity contribution >= 4 is 5.97 Å². The number of carbonyl (C=O) groups is 1. The lowest BCUT2D eigenvalue weighted by Gasteiger charge is -2.02. The van der Waals surface area contributed by atoms with Crippen LogP contribution in [0.3, 0.4) is 0 Å². The highest BCUT2D eigenvalue weighted by Crippen LogP contribution is 2.18. The van der Waals surface area contributed by atoms with Gasteiger partial charge in [-0.3, -0.25) is 4.79 Å². The van der Waals surface area contributed by atoms with Gasteiger partial charge in [-0.15, -0.1) is 0 Å². The van der Waals surface area contributed by atoms with Gasteiger partial charge >= 0.3 is 5.97 Å². The Labute approximate surface area is 111 Å². The molecule has 0 aromatic rings. The molecule has 0 amide bonds. The Morgan fingerprint density at radius 2 is 1.89 bits per heavy atom. The number of benzene rings is 1. The van der Waals surface area contributed by atoms with Crippen molar-refractivity contribution in [1.82, 2.24) is 5.32 Å². The Kier molecular flexibility index (Phi) is 5.75. The van der Waals surface area contributed by atoms with E-state index >= 15 is 0 Å². The predicted molar refractivity (Wildman–Crippen MR) is 72.8 cm³/mol. The van der Waals surface area contributed by atoms with Gasteiger partial charge in [-0.25, -0.2) is 4.79 Å². The molecule has 5 heteroatoms. The normalized spacial score (nSPS) is 9.79. The van der Waals surface area contributed by atoms with Crippen LogP contribution in [-0.2, 0) is 0 Å². The van der Waals surface area contributed by atoms with Crippen molar-refractivity contribution in [3.05, 3.63) is 46.3 Å². The highest BCUT2D eigenvalue weighted by atomic mass is 16.4. The number of aromatic carboxylic acids is 1. The largest absolute Gasteiger partial charge is 0.475 e. The van der Waals surface area contributed by atoms with Crippen LogP contribution >= 0.6 is 0 Å².